The second kappa shape index (κ2) is 3.24. The lowest BCUT2D eigenvalue weighted by molar-refractivity contribution is 0.345. The van der Waals surface area contributed by atoms with Crippen molar-refractivity contribution in [2.24, 2.45) is 5.73 Å². The second-order valence-corrected chi connectivity index (χ2v) is 4.18. The molecule has 1 aliphatic rings. The molecular weight excluding hydrogens is 179 g/mol. The van der Waals surface area contributed by atoms with Crippen LogP contribution >= 0.6 is 0 Å². The van der Waals surface area contributed by atoms with Crippen LogP contribution < -0.4 is 11.5 Å². The number of nitrogen functional groups attached to an aromatic ring is 1. The van der Waals surface area contributed by atoms with Crippen molar-refractivity contribution in [3.8, 4) is 0 Å². The first-order chi connectivity index (χ1) is 6.63. The summed E-state index contributed by atoms with van der Waals surface area (Å²) in [6.45, 7) is -0.347. The van der Waals surface area contributed by atoms with E-state index in [0.29, 0.717) is 6.42 Å². The van der Waals surface area contributed by atoms with Gasteiger partial charge in [-0.15, -0.1) is 0 Å². The molecule has 14 heavy (non-hydrogen) atoms. The van der Waals surface area contributed by atoms with Crippen molar-refractivity contribution in [2.45, 2.75) is 24.8 Å². The van der Waals surface area contributed by atoms with E-state index in [1.165, 1.54) is 11.1 Å². The number of benzene rings is 1. The third kappa shape index (κ3) is 1.60. The van der Waals surface area contributed by atoms with Crippen LogP contribution in [0, 0.1) is 0 Å². The fourth-order valence-corrected chi connectivity index (χ4v) is 2.17. The fourth-order valence-electron chi connectivity index (χ4n) is 2.17. The molecule has 0 radical (unpaired) electrons. The summed E-state index contributed by atoms with van der Waals surface area (Å²) < 4.78 is 12.3. The van der Waals surface area contributed by atoms with Crippen LogP contribution in [0.5, 0.6) is 0 Å². The lowest BCUT2D eigenvalue weighted by Gasteiger charge is -2.21. The number of hydrogen-bond donors (Lipinski definition) is 2. The zero-order valence-corrected chi connectivity index (χ0v) is 8.09. The van der Waals surface area contributed by atoms with E-state index < -0.39 is 0 Å². The van der Waals surface area contributed by atoms with Gasteiger partial charge in [-0.25, -0.2) is 0 Å². The smallest absolute Gasteiger partial charge is 0.0912 e. The number of hydrogen-bond acceptors (Lipinski definition) is 2. The molecule has 0 saturated carbocycles. The third-order valence-electron chi connectivity index (χ3n) is 2.91. The van der Waals surface area contributed by atoms with Crippen molar-refractivity contribution in [3.63, 3.8) is 0 Å². The predicted octanol–water partition coefficient (Wildman–Crippen LogP) is 1.42. The monoisotopic (exact) mass is 194 g/mol. The topological polar surface area (TPSA) is 52.0 Å². The summed E-state index contributed by atoms with van der Waals surface area (Å²) in [6.07, 6.45) is 1.95. The molecule has 1 atom stereocenters. The van der Waals surface area contributed by atoms with Crippen LogP contribution in [0.4, 0.5) is 10.1 Å². The van der Waals surface area contributed by atoms with Crippen molar-refractivity contribution in [2.75, 3.05) is 12.4 Å². The van der Waals surface area contributed by atoms with Gasteiger partial charge in [-0.05, 0) is 42.5 Å². The minimum atomic E-state index is -0.384. The molecule has 2 rings (SSSR count). The highest BCUT2D eigenvalue weighted by atomic mass is 19.1. The van der Waals surface area contributed by atoms with Crippen LogP contribution in [0.15, 0.2) is 18.2 Å². The maximum Gasteiger partial charge on any atom is 0.0912 e. The summed E-state index contributed by atoms with van der Waals surface area (Å²) >= 11 is 0. The van der Waals surface area contributed by atoms with E-state index in [4.69, 9.17) is 11.5 Å². The fraction of sp³-hybridized carbons (Fsp3) is 0.455. The summed E-state index contributed by atoms with van der Waals surface area (Å²) in [5.41, 5.74) is 14.5. The van der Waals surface area contributed by atoms with Crippen LogP contribution in [-0.4, -0.2) is 12.2 Å². The van der Waals surface area contributed by atoms with Gasteiger partial charge in [0.2, 0.25) is 0 Å². The first-order valence-electron chi connectivity index (χ1n) is 4.85. The van der Waals surface area contributed by atoms with Gasteiger partial charge >= 0.3 is 0 Å². The Morgan fingerprint density at radius 1 is 1.29 bits per heavy atom. The van der Waals surface area contributed by atoms with Gasteiger partial charge in [-0.2, -0.15) is 0 Å². The quantitative estimate of drug-likeness (QED) is 0.700. The van der Waals surface area contributed by atoms with Crippen molar-refractivity contribution < 1.29 is 4.39 Å². The lowest BCUT2D eigenvalue weighted by atomic mass is 9.94. The van der Waals surface area contributed by atoms with Crippen molar-refractivity contribution >= 4 is 5.69 Å². The Balaban J connectivity index is 2.25. The zero-order chi connectivity index (χ0) is 10.2. The van der Waals surface area contributed by atoms with Gasteiger partial charge in [0.25, 0.3) is 0 Å². The van der Waals surface area contributed by atoms with Gasteiger partial charge in [0, 0.05) is 11.2 Å². The first-order valence-corrected chi connectivity index (χ1v) is 4.85. The van der Waals surface area contributed by atoms with Gasteiger partial charge in [-0.1, -0.05) is 6.07 Å². The molecule has 0 heterocycles. The number of halogens is 1. The molecule has 0 aromatic heterocycles. The van der Waals surface area contributed by atoms with E-state index in [-0.39, 0.29) is 12.2 Å². The maximum absolute atomic E-state index is 12.3. The number of rotatable bonds is 2. The van der Waals surface area contributed by atoms with Crippen LogP contribution in [0.3, 0.4) is 0 Å². The average Bonchev–Trinajstić information content (AvgIpc) is 2.40. The third-order valence-corrected chi connectivity index (χ3v) is 2.91. The molecule has 1 aromatic carbocycles. The minimum absolute atomic E-state index is 0.347. The molecule has 0 bridgehead atoms. The molecule has 0 aliphatic heterocycles. The molecular formula is C11H15FN2. The first kappa shape index (κ1) is 9.46. The second-order valence-electron chi connectivity index (χ2n) is 4.18. The summed E-state index contributed by atoms with van der Waals surface area (Å²) in [5, 5.41) is 0. The molecule has 1 unspecified atom stereocenters. The van der Waals surface area contributed by atoms with Gasteiger partial charge in [0.15, 0.2) is 0 Å². The average molecular weight is 194 g/mol. The molecule has 4 N–H and O–H groups in total. The SMILES string of the molecule is Nc1ccc2c(c1)CC(N)(CCF)C2. The highest BCUT2D eigenvalue weighted by Gasteiger charge is 2.32. The Bertz CT molecular complexity index is 351. The Kier molecular flexibility index (Phi) is 2.19. The summed E-state index contributed by atoms with van der Waals surface area (Å²) in [6, 6.07) is 5.82. The Morgan fingerprint density at radius 3 is 2.71 bits per heavy atom. The van der Waals surface area contributed by atoms with E-state index >= 15 is 0 Å². The normalized spacial score (nSPS) is 25.0. The number of fused-ring (bicyclic) bond motifs is 1. The maximum atomic E-state index is 12.3. The number of anilines is 1. The minimum Gasteiger partial charge on any atom is -0.399 e. The van der Waals surface area contributed by atoms with E-state index in [9.17, 15) is 4.39 Å². The molecule has 3 heteroatoms. The zero-order valence-electron chi connectivity index (χ0n) is 8.09. The molecule has 1 aliphatic carbocycles. The molecule has 2 nitrogen and oxygen atoms in total. The molecule has 0 spiro atoms. The summed E-state index contributed by atoms with van der Waals surface area (Å²) in [7, 11) is 0. The molecule has 1 aromatic rings. The largest absolute Gasteiger partial charge is 0.399 e. The number of nitrogens with two attached hydrogens (primary N) is 2. The van der Waals surface area contributed by atoms with Gasteiger partial charge in [-0.3, -0.25) is 4.39 Å². The van der Waals surface area contributed by atoms with E-state index in [2.05, 4.69) is 0 Å². The van der Waals surface area contributed by atoms with E-state index in [1.54, 1.807) is 0 Å². The van der Waals surface area contributed by atoms with E-state index in [0.717, 1.165) is 18.5 Å². The summed E-state index contributed by atoms with van der Waals surface area (Å²) in [4.78, 5) is 0. The Morgan fingerprint density at radius 2 is 2.00 bits per heavy atom. The number of alkyl halides is 1. The Labute approximate surface area is 83.1 Å². The molecule has 0 amide bonds. The van der Waals surface area contributed by atoms with Gasteiger partial charge in [0.05, 0.1) is 6.67 Å². The van der Waals surface area contributed by atoms with Crippen molar-refractivity contribution in [1.82, 2.24) is 0 Å². The van der Waals surface area contributed by atoms with Crippen molar-refractivity contribution in [1.29, 1.82) is 0 Å². The highest BCUT2D eigenvalue weighted by molar-refractivity contribution is 5.48. The lowest BCUT2D eigenvalue weighted by Crippen LogP contribution is -2.41. The van der Waals surface area contributed by atoms with Crippen LogP contribution in [0.1, 0.15) is 17.5 Å². The molecule has 0 saturated heterocycles. The van der Waals surface area contributed by atoms with Crippen molar-refractivity contribution in [3.05, 3.63) is 29.3 Å². The standard InChI is InChI=1S/C11H15FN2/c12-4-3-11(14)6-8-1-2-10(13)5-9(8)7-11/h1-2,5H,3-4,6-7,13-14H2. The Hall–Kier alpha value is -1.09. The van der Waals surface area contributed by atoms with Crippen LogP contribution in [0.25, 0.3) is 0 Å². The highest BCUT2D eigenvalue weighted by Crippen LogP contribution is 2.31. The van der Waals surface area contributed by atoms with Crippen LogP contribution in [-0.2, 0) is 12.8 Å². The molecule has 0 fully saturated rings. The summed E-state index contributed by atoms with van der Waals surface area (Å²) in [5.74, 6) is 0. The van der Waals surface area contributed by atoms with Gasteiger partial charge < -0.3 is 11.5 Å². The molecule has 76 valence electrons. The predicted molar refractivity (Wildman–Crippen MR) is 55.8 cm³/mol. The van der Waals surface area contributed by atoms with E-state index in [1.807, 2.05) is 18.2 Å². The van der Waals surface area contributed by atoms with Crippen LogP contribution in [0.2, 0.25) is 0 Å². The van der Waals surface area contributed by atoms with Gasteiger partial charge in [0.1, 0.15) is 0 Å².